The Labute approximate surface area is 94.6 Å². The molecule has 1 aliphatic heterocycles. The molecule has 0 aliphatic carbocycles. The van der Waals surface area contributed by atoms with Gasteiger partial charge in [0.1, 0.15) is 11.6 Å². The highest BCUT2D eigenvalue weighted by atomic mass is 32.2. The van der Waals surface area contributed by atoms with E-state index in [0.29, 0.717) is 6.04 Å². The third kappa shape index (κ3) is 3.02. The van der Waals surface area contributed by atoms with Crippen LogP contribution >= 0.6 is 11.8 Å². The molecule has 2 rings (SSSR count). The Morgan fingerprint density at radius 2 is 2.47 bits per heavy atom. The molecule has 2 heterocycles. The van der Waals surface area contributed by atoms with Crippen molar-refractivity contribution in [2.45, 2.75) is 18.9 Å². The van der Waals surface area contributed by atoms with E-state index in [-0.39, 0.29) is 0 Å². The van der Waals surface area contributed by atoms with Crippen LogP contribution < -0.4 is 10.1 Å². The normalized spacial score (nSPS) is 21.0. The maximum Gasteiger partial charge on any atom is 0.137 e. The van der Waals surface area contributed by atoms with Crippen molar-refractivity contribution in [3.63, 3.8) is 0 Å². The molecule has 1 unspecified atom stereocenters. The monoisotopic (exact) mass is 224 g/mol. The lowest BCUT2D eigenvalue weighted by atomic mass is 10.2. The summed E-state index contributed by atoms with van der Waals surface area (Å²) in [7, 11) is 1.65. The summed E-state index contributed by atoms with van der Waals surface area (Å²) < 4.78 is 5.06. The zero-order valence-corrected chi connectivity index (χ0v) is 9.72. The molecule has 0 aromatic carbocycles. The number of ether oxygens (including phenoxy) is 1. The Bertz CT molecular complexity index is 296. The van der Waals surface area contributed by atoms with Crippen LogP contribution in [0.4, 0.5) is 5.82 Å². The summed E-state index contributed by atoms with van der Waals surface area (Å²) in [5, 5.41) is 3.44. The molecule has 0 spiro atoms. The lowest BCUT2D eigenvalue weighted by Gasteiger charge is -2.22. The van der Waals surface area contributed by atoms with E-state index >= 15 is 0 Å². The number of methoxy groups -OCH3 is 1. The van der Waals surface area contributed by atoms with Crippen LogP contribution in [0.15, 0.2) is 18.3 Å². The Kier molecular flexibility index (Phi) is 3.72. The quantitative estimate of drug-likeness (QED) is 0.855. The van der Waals surface area contributed by atoms with Gasteiger partial charge in [-0.25, -0.2) is 4.98 Å². The van der Waals surface area contributed by atoms with Gasteiger partial charge < -0.3 is 10.1 Å². The van der Waals surface area contributed by atoms with Crippen molar-refractivity contribution in [1.82, 2.24) is 4.98 Å². The van der Waals surface area contributed by atoms with Gasteiger partial charge in [0.05, 0.1) is 13.3 Å². The van der Waals surface area contributed by atoms with Crippen molar-refractivity contribution in [2.24, 2.45) is 0 Å². The van der Waals surface area contributed by atoms with Crippen LogP contribution in [0.5, 0.6) is 5.75 Å². The van der Waals surface area contributed by atoms with E-state index in [1.54, 1.807) is 13.3 Å². The van der Waals surface area contributed by atoms with Crippen molar-refractivity contribution < 1.29 is 4.74 Å². The molecule has 1 N–H and O–H groups in total. The first-order valence-corrected chi connectivity index (χ1v) is 6.38. The summed E-state index contributed by atoms with van der Waals surface area (Å²) in [6.45, 7) is 0. The van der Waals surface area contributed by atoms with Crippen molar-refractivity contribution >= 4 is 17.6 Å². The molecule has 3 nitrogen and oxygen atoms in total. The molecule has 0 bridgehead atoms. The van der Waals surface area contributed by atoms with Crippen LogP contribution in [0.1, 0.15) is 12.8 Å². The molecule has 0 amide bonds. The third-order valence-corrected chi connectivity index (χ3v) is 3.70. The molecule has 1 atom stereocenters. The predicted octanol–water partition coefficient (Wildman–Crippen LogP) is 2.40. The Morgan fingerprint density at radius 1 is 1.53 bits per heavy atom. The summed E-state index contributed by atoms with van der Waals surface area (Å²) in [6.07, 6.45) is 4.30. The van der Waals surface area contributed by atoms with E-state index in [1.807, 2.05) is 23.9 Å². The van der Waals surface area contributed by atoms with Crippen molar-refractivity contribution in [3.05, 3.63) is 18.3 Å². The molecule has 1 aliphatic rings. The van der Waals surface area contributed by atoms with Gasteiger partial charge in [-0.15, -0.1) is 0 Å². The van der Waals surface area contributed by atoms with E-state index in [2.05, 4.69) is 10.3 Å². The topological polar surface area (TPSA) is 34.1 Å². The van der Waals surface area contributed by atoms with E-state index in [9.17, 15) is 0 Å². The van der Waals surface area contributed by atoms with Gasteiger partial charge in [0.15, 0.2) is 0 Å². The summed E-state index contributed by atoms with van der Waals surface area (Å²) in [4.78, 5) is 4.30. The highest BCUT2D eigenvalue weighted by molar-refractivity contribution is 7.99. The number of nitrogens with one attached hydrogen (secondary N) is 1. The maximum absolute atomic E-state index is 5.06. The number of pyridine rings is 1. The van der Waals surface area contributed by atoms with Crippen LogP contribution in [-0.2, 0) is 0 Å². The van der Waals surface area contributed by atoms with E-state index in [4.69, 9.17) is 4.74 Å². The number of thioether (sulfide) groups is 1. The molecule has 15 heavy (non-hydrogen) atoms. The summed E-state index contributed by atoms with van der Waals surface area (Å²) >= 11 is 2.01. The van der Waals surface area contributed by atoms with E-state index in [1.165, 1.54) is 24.3 Å². The van der Waals surface area contributed by atoms with Crippen LogP contribution in [0.25, 0.3) is 0 Å². The summed E-state index contributed by atoms with van der Waals surface area (Å²) in [5.41, 5.74) is 0. The highest BCUT2D eigenvalue weighted by Crippen LogP contribution is 2.20. The van der Waals surface area contributed by atoms with E-state index < -0.39 is 0 Å². The van der Waals surface area contributed by atoms with Crippen molar-refractivity contribution in [2.75, 3.05) is 23.9 Å². The zero-order valence-electron chi connectivity index (χ0n) is 8.90. The second-order valence-electron chi connectivity index (χ2n) is 3.64. The van der Waals surface area contributed by atoms with Gasteiger partial charge in [-0.3, -0.25) is 0 Å². The number of hydrogen-bond donors (Lipinski definition) is 1. The lowest BCUT2D eigenvalue weighted by Crippen LogP contribution is -2.26. The van der Waals surface area contributed by atoms with Gasteiger partial charge in [-0.1, -0.05) is 0 Å². The van der Waals surface area contributed by atoms with Crippen molar-refractivity contribution in [1.29, 1.82) is 0 Å². The molecule has 1 saturated heterocycles. The molecule has 4 heteroatoms. The predicted molar refractivity (Wildman–Crippen MR) is 64.8 cm³/mol. The van der Waals surface area contributed by atoms with Crippen molar-refractivity contribution in [3.8, 4) is 5.75 Å². The molecule has 0 radical (unpaired) electrons. The number of hydrogen-bond acceptors (Lipinski definition) is 4. The smallest absolute Gasteiger partial charge is 0.137 e. The van der Waals surface area contributed by atoms with Gasteiger partial charge >= 0.3 is 0 Å². The SMILES string of the molecule is COc1ccc(NC2CCCSC2)nc1. The van der Waals surface area contributed by atoms with Gasteiger partial charge in [-0.2, -0.15) is 11.8 Å². The second-order valence-corrected chi connectivity index (χ2v) is 4.79. The molecule has 0 saturated carbocycles. The molecule has 1 fully saturated rings. The van der Waals surface area contributed by atoms with Crippen LogP contribution in [0.2, 0.25) is 0 Å². The number of nitrogens with zero attached hydrogens (tertiary/aromatic N) is 1. The Balaban J connectivity index is 1.91. The summed E-state index contributed by atoms with van der Waals surface area (Å²) in [6, 6.07) is 4.48. The molecule has 1 aromatic rings. The first-order valence-electron chi connectivity index (χ1n) is 5.23. The minimum absolute atomic E-state index is 0.574. The fourth-order valence-electron chi connectivity index (χ4n) is 1.65. The zero-order chi connectivity index (χ0) is 10.5. The van der Waals surface area contributed by atoms with Gasteiger partial charge in [-0.05, 0) is 30.7 Å². The molecular formula is C11H16N2OS. The fourth-order valence-corrected chi connectivity index (χ4v) is 2.72. The molecule has 82 valence electrons. The Morgan fingerprint density at radius 3 is 3.07 bits per heavy atom. The minimum atomic E-state index is 0.574. The third-order valence-electron chi connectivity index (χ3n) is 2.48. The standard InChI is InChI=1S/C11H16N2OS/c1-14-10-4-5-11(12-7-10)13-9-3-2-6-15-8-9/h4-5,7,9H,2-3,6,8H2,1H3,(H,12,13). The first kappa shape index (κ1) is 10.6. The fraction of sp³-hybridized carbons (Fsp3) is 0.545. The molecular weight excluding hydrogens is 208 g/mol. The Hall–Kier alpha value is -0.900. The largest absolute Gasteiger partial charge is 0.495 e. The number of anilines is 1. The average Bonchev–Trinajstić information content (AvgIpc) is 2.31. The first-order chi connectivity index (χ1) is 7.38. The second kappa shape index (κ2) is 5.26. The van der Waals surface area contributed by atoms with Crippen LogP contribution in [0.3, 0.4) is 0 Å². The number of rotatable bonds is 3. The van der Waals surface area contributed by atoms with Crippen LogP contribution in [-0.4, -0.2) is 29.6 Å². The van der Waals surface area contributed by atoms with Gasteiger partial charge in [0.2, 0.25) is 0 Å². The van der Waals surface area contributed by atoms with E-state index in [0.717, 1.165) is 11.6 Å². The summed E-state index contributed by atoms with van der Waals surface area (Å²) in [5.74, 6) is 4.24. The lowest BCUT2D eigenvalue weighted by molar-refractivity contribution is 0.413. The number of aromatic nitrogens is 1. The minimum Gasteiger partial charge on any atom is -0.495 e. The van der Waals surface area contributed by atoms with Gasteiger partial charge in [0, 0.05) is 11.8 Å². The maximum atomic E-state index is 5.06. The highest BCUT2D eigenvalue weighted by Gasteiger charge is 2.13. The van der Waals surface area contributed by atoms with Gasteiger partial charge in [0.25, 0.3) is 0 Å². The van der Waals surface area contributed by atoms with Crippen LogP contribution in [0, 0.1) is 0 Å². The average molecular weight is 224 g/mol. The molecule has 1 aromatic heterocycles.